The van der Waals surface area contributed by atoms with Gasteiger partial charge in [-0.15, -0.1) is 0 Å². The smallest absolute Gasteiger partial charge is 0.227 e. The number of carbonyl (C=O) groups is 2. The van der Waals surface area contributed by atoms with Crippen LogP contribution in [0.3, 0.4) is 0 Å². The van der Waals surface area contributed by atoms with Crippen molar-refractivity contribution in [2.24, 2.45) is 5.92 Å². The van der Waals surface area contributed by atoms with Crippen LogP contribution in [0.15, 0.2) is 54.6 Å². The topological polar surface area (TPSA) is 99.3 Å². The molecule has 1 atom stereocenters. The number of carbonyl (C=O) groups excluding carboxylic acids is 2. The van der Waals surface area contributed by atoms with Crippen molar-refractivity contribution in [1.82, 2.24) is 9.62 Å². The molecule has 2 saturated heterocycles. The summed E-state index contributed by atoms with van der Waals surface area (Å²) in [5.74, 6) is -0.173. The minimum Gasteiger partial charge on any atom is -0.497 e. The van der Waals surface area contributed by atoms with Gasteiger partial charge < -0.3 is 19.9 Å². The van der Waals surface area contributed by atoms with Gasteiger partial charge in [0, 0.05) is 63.1 Å². The highest BCUT2D eigenvalue weighted by Crippen LogP contribution is 2.28. The average molecular weight is 501 g/mol. The molecule has 1 N–H and O–H groups in total. The second-order valence-electron chi connectivity index (χ2n) is 8.79. The first kappa shape index (κ1) is 25.0. The molecule has 0 bridgehead atoms. The molecule has 9 nitrogen and oxygen atoms in total. The monoisotopic (exact) mass is 500 g/mol. The van der Waals surface area contributed by atoms with Crippen LogP contribution in [-0.2, 0) is 19.6 Å². The largest absolute Gasteiger partial charge is 0.497 e. The van der Waals surface area contributed by atoms with Crippen LogP contribution in [0.2, 0.25) is 0 Å². The Bertz CT molecular complexity index is 1130. The number of anilines is 2. The predicted octanol–water partition coefficient (Wildman–Crippen LogP) is 1.71. The van der Waals surface area contributed by atoms with Crippen molar-refractivity contribution in [3.63, 3.8) is 0 Å². The van der Waals surface area contributed by atoms with Gasteiger partial charge in [0.15, 0.2) is 0 Å². The standard InChI is InChI=1S/C25H32N4O5S/c1-34-23-10-5-9-22(18-23)29-19-20(17-24(29)30)25(31)26-11-6-16-35(32,33)28-14-12-27(13-15-28)21-7-3-2-4-8-21/h2-5,7-10,18,20H,6,11-17,19H2,1H3,(H,26,31). The Morgan fingerprint density at radius 3 is 2.46 bits per heavy atom. The molecule has 4 rings (SSSR count). The Morgan fingerprint density at radius 1 is 1.03 bits per heavy atom. The van der Waals surface area contributed by atoms with E-state index in [2.05, 4.69) is 10.2 Å². The van der Waals surface area contributed by atoms with Crippen LogP contribution in [0, 0.1) is 5.92 Å². The summed E-state index contributed by atoms with van der Waals surface area (Å²) < 4.78 is 32.3. The molecule has 35 heavy (non-hydrogen) atoms. The summed E-state index contributed by atoms with van der Waals surface area (Å²) in [7, 11) is -1.82. The molecule has 2 aromatic rings. The maximum atomic E-state index is 12.8. The lowest BCUT2D eigenvalue weighted by Crippen LogP contribution is -2.49. The molecular formula is C25H32N4O5S. The second-order valence-corrected chi connectivity index (χ2v) is 10.9. The van der Waals surface area contributed by atoms with E-state index in [4.69, 9.17) is 4.74 Å². The maximum absolute atomic E-state index is 12.8. The molecule has 0 spiro atoms. The number of ether oxygens (including phenoxy) is 1. The van der Waals surface area contributed by atoms with E-state index in [-0.39, 0.29) is 30.5 Å². The molecule has 0 saturated carbocycles. The van der Waals surface area contributed by atoms with Crippen molar-refractivity contribution in [1.29, 1.82) is 0 Å². The molecule has 188 valence electrons. The Morgan fingerprint density at radius 2 is 1.74 bits per heavy atom. The Kier molecular flexibility index (Phi) is 7.92. The van der Waals surface area contributed by atoms with E-state index in [0.717, 1.165) is 5.69 Å². The highest BCUT2D eigenvalue weighted by atomic mass is 32.2. The van der Waals surface area contributed by atoms with Gasteiger partial charge in [-0.1, -0.05) is 24.3 Å². The summed E-state index contributed by atoms with van der Waals surface area (Å²) in [6.07, 6.45) is 0.459. The van der Waals surface area contributed by atoms with Crippen molar-refractivity contribution >= 4 is 33.2 Å². The fourth-order valence-corrected chi connectivity index (χ4v) is 6.00. The third-order valence-corrected chi connectivity index (χ3v) is 8.45. The minimum absolute atomic E-state index is 0.0157. The van der Waals surface area contributed by atoms with Gasteiger partial charge in [-0.05, 0) is 30.7 Å². The Hall–Kier alpha value is -3.11. The zero-order valence-corrected chi connectivity index (χ0v) is 20.7. The molecule has 2 heterocycles. The van der Waals surface area contributed by atoms with Crippen molar-refractivity contribution in [3.05, 3.63) is 54.6 Å². The molecule has 0 aromatic heterocycles. The fourth-order valence-electron chi connectivity index (χ4n) is 4.51. The van der Waals surface area contributed by atoms with E-state index < -0.39 is 15.9 Å². The molecule has 0 aliphatic carbocycles. The summed E-state index contributed by atoms with van der Waals surface area (Å²) >= 11 is 0. The molecule has 10 heteroatoms. The number of para-hydroxylation sites is 1. The first-order chi connectivity index (χ1) is 16.9. The minimum atomic E-state index is -3.38. The molecule has 2 aromatic carbocycles. The molecular weight excluding hydrogens is 468 g/mol. The number of sulfonamides is 1. The lowest BCUT2D eigenvalue weighted by atomic mass is 10.1. The normalized spacial score (nSPS) is 19.1. The highest BCUT2D eigenvalue weighted by molar-refractivity contribution is 7.89. The third kappa shape index (κ3) is 6.12. The summed E-state index contributed by atoms with van der Waals surface area (Å²) in [5.41, 5.74) is 1.80. The zero-order chi connectivity index (χ0) is 24.8. The first-order valence-corrected chi connectivity index (χ1v) is 13.5. The van der Waals surface area contributed by atoms with Crippen LogP contribution < -0.4 is 19.9 Å². The van der Waals surface area contributed by atoms with Crippen LogP contribution in [0.5, 0.6) is 5.75 Å². The zero-order valence-electron chi connectivity index (χ0n) is 19.9. The lowest BCUT2D eigenvalue weighted by Gasteiger charge is -2.35. The predicted molar refractivity (Wildman–Crippen MR) is 135 cm³/mol. The summed E-state index contributed by atoms with van der Waals surface area (Å²) in [6, 6.07) is 17.1. The number of piperazine rings is 1. The SMILES string of the molecule is COc1cccc(N2CC(C(=O)NCCCS(=O)(=O)N3CCN(c4ccccc4)CC3)CC2=O)c1. The lowest BCUT2D eigenvalue weighted by molar-refractivity contribution is -0.126. The molecule has 2 fully saturated rings. The van der Waals surface area contributed by atoms with Gasteiger partial charge in [-0.2, -0.15) is 4.31 Å². The molecule has 1 unspecified atom stereocenters. The van der Waals surface area contributed by atoms with Crippen LogP contribution >= 0.6 is 0 Å². The maximum Gasteiger partial charge on any atom is 0.227 e. The van der Waals surface area contributed by atoms with E-state index >= 15 is 0 Å². The van der Waals surface area contributed by atoms with Crippen molar-refractivity contribution in [2.45, 2.75) is 12.8 Å². The van der Waals surface area contributed by atoms with Gasteiger partial charge in [0.25, 0.3) is 0 Å². The molecule has 0 radical (unpaired) electrons. The third-order valence-electron chi connectivity index (χ3n) is 6.49. The van der Waals surface area contributed by atoms with Crippen LogP contribution in [-0.4, -0.2) is 76.7 Å². The van der Waals surface area contributed by atoms with E-state index in [9.17, 15) is 18.0 Å². The van der Waals surface area contributed by atoms with E-state index in [0.29, 0.717) is 50.6 Å². The molecule has 2 aliphatic rings. The second kappa shape index (κ2) is 11.1. The molecule has 2 amide bonds. The van der Waals surface area contributed by atoms with Gasteiger partial charge in [0.2, 0.25) is 21.8 Å². The van der Waals surface area contributed by atoms with Gasteiger partial charge >= 0.3 is 0 Å². The summed E-state index contributed by atoms with van der Waals surface area (Å²) in [5, 5.41) is 2.81. The average Bonchev–Trinajstić information content (AvgIpc) is 3.29. The first-order valence-electron chi connectivity index (χ1n) is 11.9. The number of amides is 2. The van der Waals surface area contributed by atoms with Crippen molar-refractivity contribution < 1.29 is 22.7 Å². The number of nitrogens with one attached hydrogen (secondary N) is 1. The number of rotatable bonds is 9. The van der Waals surface area contributed by atoms with E-state index in [1.807, 2.05) is 36.4 Å². The van der Waals surface area contributed by atoms with Gasteiger partial charge in [0.1, 0.15) is 5.75 Å². The molecule has 2 aliphatic heterocycles. The van der Waals surface area contributed by atoms with Crippen LogP contribution in [0.25, 0.3) is 0 Å². The van der Waals surface area contributed by atoms with Crippen LogP contribution in [0.4, 0.5) is 11.4 Å². The van der Waals surface area contributed by atoms with Crippen molar-refractivity contribution in [3.8, 4) is 5.75 Å². The number of benzene rings is 2. The Balaban J connectivity index is 1.20. The number of methoxy groups -OCH3 is 1. The number of hydrogen-bond acceptors (Lipinski definition) is 6. The number of nitrogens with zero attached hydrogens (tertiary/aromatic N) is 3. The van der Waals surface area contributed by atoms with Crippen LogP contribution in [0.1, 0.15) is 12.8 Å². The Labute approximate surface area is 206 Å². The van der Waals surface area contributed by atoms with Gasteiger partial charge in [-0.25, -0.2) is 8.42 Å². The number of hydrogen-bond donors (Lipinski definition) is 1. The van der Waals surface area contributed by atoms with E-state index in [1.165, 1.54) is 4.31 Å². The van der Waals surface area contributed by atoms with Gasteiger partial charge in [-0.3, -0.25) is 9.59 Å². The summed E-state index contributed by atoms with van der Waals surface area (Å²) in [4.78, 5) is 28.8. The van der Waals surface area contributed by atoms with Gasteiger partial charge in [0.05, 0.1) is 18.8 Å². The highest BCUT2D eigenvalue weighted by Gasteiger charge is 2.35. The quantitative estimate of drug-likeness (QED) is 0.527. The van der Waals surface area contributed by atoms with Crippen molar-refractivity contribution in [2.75, 3.05) is 61.9 Å². The fraction of sp³-hybridized carbons (Fsp3) is 0.440. The van der Waals surface area contributed by atoms with E-state index in [1.54, 1.807) is 30.2 Å². The summed E-state index contributed by atoms with van der Waals surface area (Å²) in [6.45, 7) is 2.76.